The zero-order valence-electron chi connectivity index (χ0n) is 8.72. The lowest BCUT2D eigenvalue weighted by atomic mass is 10.1. The minimum absolute atomic E-state index is 0.00949. The summed E-state index contributed by atoms with van der Waals surface area (Å²) in [7, 11) is 0. The van der Waals surface area contributed by atoms with Crippen LogP contribution in [-0.4, -0.2) is 16.1 Å². The van der Waals surface area contributed by atoms with Crippen LogP contribution in [0.4, 0.5) is 15.8 Å². The molecule has 17 heavy (non-hydrogen) atoms. The van der Waals surface area contributed by atoms with Crippen molar-refractivity contribution in [3.8, 4) is 0 Å². The Labute approximate surface area is 96.7 Å². The molecule has 0 fully saturated rings. The second kappa shape index (κ2) is 4.61. The number of carboxylic acid groups (broad SMARTS) is 1. The van der Waals surface area contributed by atoms with Crippen molar-refractivity contribution in [3.05, 3.63) is 54.1 Å². The van der Waals surface area contributed by atoms with E-state index in [9.17, 15) is 9.18 Å². The van der Waals surface area contributed by atoms with Crippen LogP contribution in [-0.2, 0) is 0 Å². The number of nitrogens with zero attached hydrogens (tertiary/aromatic N) is 1. The van der Waals surface area contributed by atoms with E-state index in [0.717, 1.165) is 12.1 Å². The molecule has 0 aliphatic rings. The fourth-order valence-electron chi connectivity index (χ4n) is 1.40. The first-order valence-electron chi connectivity index (χ1n) is 4.87. The van der Waals surface area contributed by atoms with Gasteiger partial charge in [0, 0.05) is 6.20 Å². The molecule has 0 unspecified atom stereocenters. The molecule has 2 aromatic rings. The highest BCUT2D eigenvalue weighted by Gasteiger charge is 2.10. The monoisotopic (exact) mass is 232 g/mol. The van der Waals surface area contributed by atoms with E-state index in [1.165, 1.54) is 12.3 Å². The first-order valence-corrected chi connectivity index (χ1v) is 4.87. The van der Waals surface area contributed by atoms with Crippen LogP contribution in [0.3, 0.4) is 0 Å². The molecule has 0 spiro atoms. The predicted octanol–water partition coefficient (Wildman–Crippen LogP) is 2.66. The number of carbonyl (C=O) groups is 1. The SMILES string of the molecule is O=C(O)c1ccc(F)cc1Nc1cccnc1. The van der Waals surface area contributed by atoms with Crippen LogP contribution < -0.4 is 5.32 Å². The highest BCUT2D eigenvalue weighted by molar-refractivity contribution is 5.95. The minimum atomic E-state index is -1.11. The summed E-state index contributed by atoms with van der Waals surface area (Å²) in [6, 6.07) is 6.87. The van der Waals surface area contributed by atoms with Crippen LogP contribution in [0, 0.1) is 5.82 Å². The second-order valence-electron chi connectivity index (χ2n) is 3.36. The van der Waals surface area contributed by atoms with Crippen LogP contribution in [0.15, 0.2) is 42.7 Å². The molecule has 0 saturated heterocycles. The summed E-state index contributed by atoms with van der Waals surface area (Å²) in [6.45, 7) is 0. The predicted molar refractivity (Wildman–Crippen MR) is 60.9 cm³/mol. The van der Waals surface area contributed by atoms with Crippen molar-refractivity contribution in [1.82, 2.24) is 4.98 Å². The molecule has 1 heterocycles. The summed E-state index contributed by atoms with van der Waals surface area (Å²) >= 11 is 0. The maximum absolute atomic E-state index is 13.1. The molecule has 86 valence electrons. The van der Waals surface area contributed by atoms with E-state index in [4.69, 9.17) is 5.11 Å². The quantitative estimate of drug-likeness (QED) is 0.853. The van der Waals surface area contributed by atoms with Crippen molar-refractivity contribution in [2.75, 3.05) is 5.32 Å². The van der Waals surface area contributed by atoms with Gasteiger partial charge in [0.1, 0.15) is 5.82 Å². The Morgan fingerprint density at radius 1 is 1.35 bits per heavy atom. The number of carboxylic acids is 1. The third-order valence-corrected chi connectivity index (χ3v) is 2.15. The Balaban J connectivity index is 2.37. The molecular weight excluding hydrogens is 223 g/mol. The largest absolute Gasteiger partial charge is 0.478 e. The maximum atomic E-state index is 13.1. The van der Waals surface area contributed by atoms with Gasteiger partial charge in [-0.05, 0) is 30.3 Å². The van der Waals surface area contributed by atoms with E-state index in [-0.39, 0.29) is 11.3 Å². The normalized spacial score (nSPS) is 9.94. The van der Waals surface area contributed by atoms with Gasteiger partial charge in [0.25, 0.3) is 0 Å². The Hall–Kier alpha value is -2.43. The van der Waals surface area contributed by atoms with Gasteiger partial charge >= 0.3 is 5.97 Å². The molecule has 4 nitrogen and oxygen atoms in total. The molecule has 0 atom stereocenters. The van der Waals surface area contributed by atoms with Gasteiger partial charge in [-0.2, -0.15) is 0 Å². The van der Waals surface area contributed by atoms with Gasteiger partial charge in [-0.1, -0.05) is 0 Å². The van der Waals surface area contributed by atoms with Gasteiger partial charge in [-0.15, -0.1) is 0 Å². The van der Waals surface area contributed by atoms with Crippen molar-refractivity contribution < 1.29 is 14.3 Å². The van der Waals surface area contributed by atoms with Gasteiger partial charge in [0.05, 0.1) is 23.1 Å². The van der Waals surface area contributed by atoms with Crippen LogP contribution in [0.25, 0.3) is 0 Å². The molecule has 0 amide bonds. The van der Waals surface area contributed by atoms with E-state index >= 15 is 0 Å². The van der Waals surface area contributed by atoms with E-state index in [1.807, 2.05) is 0 Å². The fraction of sp³-hybridized carbons (Fsp3) is 0. The number of halogens is 1. The molecule has 5 heteroatoms. The number of benzene rings is 1. The number of pyridine rings is 1. The molecule has 0 radical (unpaired) electrons. The first kappa shape index (κ1) is 11.1. The molecular formula is C12H9FN2O2. The van der Waals surface area contributed by atoms with Crippen molar-refractivity contribution in [1.29, 1.82) is 0 Å². The summed E-state index contributed by atoms with van der Waals surface area (Å²) in [6.07, 6.45) is 3.12. The Bertz CT molecular complexity index is 543. The number of rotatable bonds is 3. The molecule has 1 aromatic carbocycles. The third kappa shape index (κ3) is 2.57. The zero-order valence-corrected chi connectivity index (χ0v) is 8.72. The van der Waals surface area contributed by atoms with Crippen LogP contribution >= 0.6 is 0 Å². The van der Waals surface area contributed by atoms with Crippen LogP contribution in [0.2, 0.25) is 0 Å². The summed E-state index contributed by atoms with van der Waals surface area (Å²) in [5.41, 5.74) is 0.807. The van der Waals surface area contributed by atoms with E-state index < -0.39 is 11.8 Å². The Morgan fingerprint density at radius 3 is 2.82 bits per heavy atom. The van der Waals surface area contributed by atoms with Gasteiger partial charge in [-0.25, -0.2) is 9.18 Å². The number of anilines is 2. The smallest absolute Gasteiger partial charge is 0.337 e. The van der Waals surface area contributed by atoms with Gasteiger partial charge in [0.2, 0.25) is 0 Å². The molecule has 2 rings (SSSR count). The summed E-state index contributed by atoms with van der Waals surface area (Å²) < 4.78 is 13.1. The third-order valence-electron chi connectivity index (χ3n) is 2.15. The van der Waals surface area contributed by atoms with Gasteiger partial charge in [0.15, 0.2) is 0 Å². The summed E-state index contributed by atoms with van der Waals surface area (Å²) in [5, 5.41) is 11.8. The summed E-state index contributed by atoms with van der Waals surface area (Å²) in [5.74, 6) is -1.61. The van der Waals surface area contributed by atoms with Crippen molar-refractivity contribution in [2.45, 2.75) is 0 Å². The van der Waals surface area contributed by atoms with E-state index in [2.05, 4.69) is 10.3 Å². The first-order chi connectivity index (χ1) is 8.16. The molecule has 0 saturated carbocycles. The Morgan fingerprint density at radius 2 is 2.18 bits per heavy atom. The van der Waals surface area contributed by atoms with E-state index in [0.29, 0.717) is 5.69 Å². The highest BCUT2D eigenvalue weighted by atomic mass is 19.1. The molecule has 0 bridgehead atoms. The maximum Gasteiger partial charge on any atom is 0.337 e. The summed E-state index contributed by atoms with van der Waals surface area (Å²) in [4.78, 5) is 14.8. The average Bonchev–Trinajstić information content (AvgIpc) is 2.30. The Kier molecular flexibility index (Phi) is 3.00. The lowest BCUT2D eigenvalue weighted by Crippen LogP contribution is -2.03. The van der Waals surface area contributed by atoms with Crippen molar-refractivity contribution >= 4 is 17.3 Å². The molecule has 0 aliphatic carbocycles. The zero-order chi connectivity index (χ0) is 12.3. The number of aromatic carboxylic acids is 1. The average molecular weight is 232 g/mol. The van der Waals surface area contributed by atoms with E-state index in [1.54, 1.807) is 18.3 Å². The van der Waals surface area contributed by atoms with Crippen LogP contribution in [0.1, 0.15) is 10.4 Å². The molecule has 1 aromatic heterocycles. The number of nitrogens with one attached hydrogen (secondary N) is 1. The van der Waals surface area contributed by atoms with Crippen molar-refractivity contribution in [3.63, 3.8) is 0 Å². The topological polar surface area (TPSA) is 62.2 Å². The molecule has 2 N–H and O–H groups in total. The lowest BCUT2D eigenvalue weighted by Gasteiger charge is -2.09. The highest BCUT2D eigenvalue weighted by Crippen LogP contribution is 2.21. The number of hydrogen-bond acceptors (Lipinski definition) is 3. The van der Waals surface area contributed by atoms with Gasteiger partial charge in [-0.3, -0.25) is 4.98 Å². The lowest BCUT2D eigenvalue weighted by molar-refractivity contribution is 0.0698. The number of hydrogen-bond donors (Lipinski definition) is 2. The van der Waals surface area contributed by atoms with Crippen LogP contribution in [0.5, 0.6) is 0 Å². The van der Waals surface area contributed by atoms with Gasteiger partial charge < -0.3 is 10.4 Å². The molecule has 0 aliphatic heterocycles. The number of aromatic nitrogens is 1. The fourth-order valence-corrected chi connectivity index (χ4v) is 1.40. The minimum Gasteiger partial charge on any atom is -0.478 e. The van der Waals surface area contributed by atoms with Crippen molar-refractivity contribution in [2.24, 2.45) is 0 Å². The second-order valence-corrected chi connectivity index (χ2v) is 3.36. The standard InChI is InChI=1S/C12H9FN2O2/c13-8-3-4-10(12(16)17)11(6-8)15-9-2-1-5-14-7-9/h1-7,15H,(H,16,17).